The van der Waals surface area contributed by atoms with E-state index >= 15 is 0 Å². The molecule has 12 heavy (non-hydrogen) atoms. The standard InChI is InChI=1S/C10H22NO/c1-5-10(9-12)11(6-2,7-3)8-4/h9-10H,5-8H2,1-4H3/q+1. The fourth-order valence-corrected chi connectivity index (χ4v) is 1.99. The molecule has 0 fully saturated rings. The number of likely N-dealkylation sites (N-methyl/N-ethyl adjacent to an activating group) is 1. The van der Waals surface area contributed by atoms with Gasteiger partial charge in [0.1, 0.15) is 6.04 Å². The molecular formula is C10H22NO+. The molecule has 2 nitrogen and oxygen atoms in total. The number of aldehydes is 1. The van der Waals surface area contributed by atoms with E-state index in [9.17, 15) is 4.79 Å². The Kier molecular flexibility index (Phi) is 5.14. The van der Waals surface area contributed by atoms with Gasteiger partial charge in [-0.15, -0.1) is 0 Å². The Morgan fingerprint density at radius 1 is 1.08 bits per heavy atom. The van der Waals surface area contributed by atoms with Crippen LogP contribution in [0.15, 0.2) is 0 Å². The smallest absolute Gasteiger partial charge is 0.177 e. The van der Waals surface area contributed by atoms with Gasteiger partial charge in [0.2, 0.25) is 0 Å². The van der Waals surface area contributed by atoms with E-state index in [-0.39, 0.29) is 6.04 Å². The highest BCUT2D eigenvalue weighted by Gasteiger charge is 2.30. The molecule has 1 atom stereocenters. The first kappa shape index (κ1) is 11.6. The summed E-state index contributed by atoms with van der Waals surface area (Å²) in [6.07, 6.45) is 2.08. The highest BCUT2D eigenvalue weighted by atomic mass is 16.1. The maximum absolute atomic E-state index is 10.8. The summed E-state index contributed by atoms with van der Waals surface area (Å²) >= 11 is 0. The van der Waals surface area contributed by atoms with E-state index in [1.165, 1.54) is 0 Å². The quantitative estimate of drug-likeness (QED) is 0.441. The van der Waals surface area contributed by atoms with Crippen molar-refractivity contribution in [1.82, 2.24) is 0 Å². The summed E-state index contributed by atoms with van der Waals surface area (Å²) in [5.41, 5.74) is 0. The topological polar surface area (TPSA) is 17.1 Å². The number of nitrogens with zero attached hydrogens (tertiary/aromatic N) is 1. The molecule has 0 heterocycles. The second-order valence-corrected chi connectivity index (χ2v) is 3.28. The summed E-state index contributed by atoms with van der Waals surface area (Å²) in [5, 5.41) is 0. The van der Waals surface area contributed by atoms with Crippen molar-refractivity contribution in [3.8, 4) is 0 Å². The predicted molar refractivity (Wildman–Crippen MR) is 52.0 cm³/mol. The van der Waals surface area contributed by atoms with E-state index in [1.807, 2.05) is 0 Å². The maximum atomic E-state index is 10.8. The molecule has 0 aliphatic rings. The lowest BCUT2D eigenvalue weighted by Crippen LogP contribution is -2.55. The minimum absolute atomic E-state index is 0.199. The van der Waals surface area contributed by atoms with Crippen molar-refractivity contribution in [3.63, 3.8) is 0 Å². The van der Waals surface area contributed by atoms with Gasteiger partial charge in [-0.05, 0) is 20.8 Å². The van der Waals surface area contributed by atoms with Crippen molar-refractivity contribution in [2.45, 2.75) is 40.2 Å². The average molecular weight is 172 g/mol. The van der Waals surface area contributed by atoms with Gasteiger partial charge >= 0.3 is 0 Å². The second-order valence-electron chi connectivity index (χ2n) is 3.28. The largest absolute Gasteiger partial charge is 0.316 e. The minimum Gasteiger partial charge on any atom is -0.316 e. The van der Waals surface area contributed by atoms with Crippen molar-refractivity contribution in [2.24, 2.45) is 0 Å². The van der Waals surface area contributed by atoms with Gasteiger partial charge in [-0.3, -0.25) is 4.79 Å². The summed E-state index contributed by atoms with van der Waals surface area (Å²) in [6, 6.07) is 0.199. The summed E-state index contributed by atoms with van der Waals surface area (Å²) < 4.78 is 0.944. The van der Waals surface area contributed by atoms with E-state index in [2.05, 4.69) is 27.7 Å². The van der Waals surface area contributed by atoms with Gasteiger partial charge in [-0.25, -0.2) is 0 Å². The molecule has 0 N–H and O–H groups in total. The van der Waals surface area contributed by atoms with Crippen LogP contribution in [-0.2, 0) is 4.79 Å². The molecule has 0 aromatic heterocycles. The fraction of sp³-hybridized carbons (Fsp3) is 0.900. The molecule has 0 bridgehead atoms. The molecule has 0 aliphatic heterocycles. The highest BCUT2D eigenvalue weighted by molar-refractivity contribution is 5.55. The molecule has 2 heteroatoms. The summed E-state index contributed by atoms with van der Waals surface area (Å²) in [6.45, 7) is 11.8. The number of hydrogen-bond donors (Lipinski definition) is 0. The van der Waals surface area contributed by atoms with Gasteiger partial charge in [0.25, 0.3) is 0 Å². The number of carbonyl (C=O) groups is 1. The molecule has 0 saturated carbocycles. The van der Waals surface area contributed by atoms with Crippen molar-refractivity contribution >= 4 is 6.29 Å². The Hall–Kier alpha value is -0.370. The zero-order valence-electron chi connectivity index (χ0n) is 8.84. The molecule has 0 radical (unpaired) electrons. The van der Waals surface area contributed by atoms with Gasteiger partial charge in [-0.1, -0.05) is 6.92 Å². The van der Waals surface area contributed by atoms with Crippen LogP contribution in [0.3, 0.4) is 0 Å². The van der Waals surface area contributed by atoms with E-state index in [4.69, 9.17) is 0 Å². The predicted octanol–water partition coefficient (Wildman–Crippen LogP) is 1.84. The minimum atomic E-state index is 0.199. The molecular weight excluding hydrogens is 150 g/mol. The summed E-state index contributed by atoms with van der Waals surface area (Å²) in [7, 11) is 0. The van der Waals surface area contributed by atoms with Crippen molar-refractivity contribution in [3.05, 3.63) is 0 Å². The molecule has 0 saturated heterocycles. The third-order valence-electron chi connectivity index (χ3n) is 3.17. The monoisotopic (exact) mass is 172 g/mol. The van der Waals surface area contributed by atoms with Crippen LogP contribution in [-0.4, -0.2) is 36.4 Å². The Balaban J connectivity index is 4.53. The van der Waals surface area contributed by atoms with Gasteiger partial charge in [-0.2, -0.15) is 0 Å². The first-order valence-corrected chi connectivity index (χ1v) is 5.01. The second kappa shape index (κ2) is 5.31. The zero-order valence-corrected chi connectivity index (χ0v) is 8.84. The highest BCUT2D eigenvalue weighted by Crippen LogP contribution is 2.14. The lowest BCUT2D eigenvalue weighted by Gasteiger charge is -2.40. The first-order chi connectivity index (χ1) is 5.70. The third kappa shape index (κ3) is 2.07. The van der Waals surface area contributed by atoms with Crippen molar-refractivity contribution in [1.29, 1.82) is 0 Å². The molecule has 0 rings (SSSR count). The van der Waals surface area contributed by atoms with E-state index in [0.29, 0.717) is 0 Å². The Morgan fingerprint density at radius 2 is 1.50 bits per heavy atom. The summed E-state index contributed by atoms with van der Waals surface area (Å²) in [4.78, 5) is 10.8. The number of carbonyl (C=O) groups excluding carboxylic acids is 1. The average Bonchev–Trinajstić information content (AvgIpc) is 2.14. The van der Waals surface area contributed by atoms with Crippen molar-refractivity contribution in [2.75, 3.05) is 19.6 Å². The lowest BCUT2D eigenvalue weighted by atomic mass is 10.1. The third-order valence-corrected chi connectivity index (χ3v) is 3.17. The molecule has 0 aromatic rings. The van der Waals surface area contributed by atoms with E-state index in [1.54, 1.807) is 0 Å². The summed E-state index contributed by atoms with van der Waals surface area (Å²) in [5.74, 6) is 0. The van der Waals surface area contributed by atoms with Crippen LogP contribution in [0, 0.1) is 0 Å². The van der Waals surface area contributed by atoms with Gasteiger partial charge in [0.15, 0.2) is 6.29 Å². The normalized spacial score (nSPS) is 14.3. The Labute approximate surface area is 76.2 Å². The van der Waals surface area contributed by atoms with E-state index < -0.39 is 0 Å². The maximum Gasteiger partial charge on any atom is 0.177 e. The van der Waals surface area contributed by atoms with Crippen LogP contribution in [0.4, 0.5) is 0 Å². The lowest BCUT2D eigenvalue weighted by molar-refractivity contribution is -0.937. The van der Waals surface area contributed by atoms with Crippen molar-refractivity contribution < 1.29 is 9.28 Å². The molecule has 0 amide bonds. The SMILES string of the molecule is CCC(C=O)[N+](CC)(CC)CC. The van der Waals surface area contributed by atoms with Crippen LogP contribution in [0.25, 0.3) is 0 Å². The zero-order chi connectivity index (χ0) is 9.61. The number of hydrogen-bond acceptors (Lipinski definition) is 1. The Bertz CT molecular complexity index is 122. The molecule has 72 valence electrons. The van der Waals surface area contributed by atoms with Gasteiger partial charge in [0.05, 0.1) is 19.6 Å². The van der Waals surface area contributed by atoms with Gasteiger partial charge < -0.3 is 4.48 Å². The van der Waals surface area contributed by atoms with Crippen LogP contribution in [0.2, 0.25) is 0 Å². The molecule has 0 aliphatic carbocycles. The van der Waals surface area contributed by atoms with Crippen LogP contribution < -0.4 is 0 Å². The van der Waals surface area contributed by atoms with Crippen LogP contribution in [0.1, 0.15) is 34.1 Å². The number of rotatable bonds is 6. The Morgan fingerprint density at radius 3 is 1.58 bits per heavy atom. The molecule has 1 unspecified atom stereocenters. The molecule has 0 spiro atoms. The first-order valence-electron chi connectivity index (χ1n) is 5.01. The molecule has 0 aromatic carbocycles. The fourth-order valence-electron chi connectivity index (χ4n) is 1.99. The van der Waals surface area contributed by atoms with Crippen LogP contribution >= 0.6 is 0 Å². The number of quaternary nitrogens is 1. The van der Waals surface area contributed by atoms with Crippen LogP contribution in [0.5, 0.6) is 0 Å². The van der Waals surface area contributed by atoms with Gasteiger partial charge in [0, 0.05) is 6.42 Å². The van der Waals surface area contributed by atoms with E-state index in [0.717, 1.165) is 36.8 Å².